The van der Waals surface area contributed by atoms with Gasteiger partial charge in [-0.1, -0.05) is 6.07 Å². The van der Waals surface area contributed by atoms with Gasteiger partial charge in [-0.3, -0.25) is 4.79 Å². The summed E-state index contributed by atoms with van der Waals surface area (Å²) in [5.41, 5.74) is -13.6. The molecule has 0 N–H and O–H groups in total. The molecule has 0 aliphatic carbocycles. The molecule has 0 aliphatic rings. The molecule has 0 spiro atoms. The predicted molar refractivity (Wildman–Crippen MR) is 173 cm³/mol. The van der Waals surface area contributed by atoms with E-state index in [9.17, 15) is 57.5 Å². The fourth-order valence-corrected chi connectivity index (χ4v) is 6.45. The molecule has 326 valence electrons. The van der Waals surface area contributed by atoms with Gasteiger partial charge in [0.25, 0.3) is 0 Å². The number of methoxy groups -OCH3 is 1. The second kappa shape index (κ2) is 17.4. The van der Waals surface area contributed by atoms with Crippen molar-refractivity contribution >= 4 is 33.8 Å². The normalized spacial score (nSPS) is 11.4. The van der Waals surface area contributed by atoms with Crippen molar-refractivity contribution in [1.82, 2.24) is 0 Å². The first-order valence-electron chi connectivity index (χ1n) is 16.3. The zero-order chi connectivity index (χ0) is 46.4. The largest absolute Gasteiger partial charge is 0.497 e. The summed E-state index contributed by atoms with van der Waals surface area (Å²) in [5.74, 6) is -70.6. The van der Waals surface area contributed by atoms with E-state index in [4.69, 9.17) is 4.74 Å². The molecular formula is C38H14BF20NO2. The van der Waals surface area contributed by atoms with E-state index in [2.05, 4.69) is 0 Å². The monoisotopic (exact) mass is 907 g/mol. The van der Waals surface area contributed by atoms with Gasteiger partial charge in [-0.15, -0.1) is 21.9 Å². The molecule has 0 atom stereocenters. The Morgan fingerprint density at radius 1 is 0.403 bits per heavy atom. The second-order valence-electron chi connectivity index (χ2n) is 12.5. The van der Waals surface area contributed by atoms with Crippen molar-refractivity contribution in [2.75, 3.05) is 7.11 Å². The van der Waals surface area contributed by atoms with Gasteiger partial charge in [0.15, 0.2) is 82.2 Å². The van der Waals surface area contributed by atoms with Crippen LogP contribution in [0.4, 0.5) is 87.8 Å². The maximum Gasteiger partial charge on any atom is 0.227 e. The number of pyridine rings is 1. The molecule has 0 fully saturated rings. The first-order chi connectivity index (χ1) is 29.0. The Hall–Kier alpha value is -6.62. The van der Waals surface area contributed by atoms with Gasteiger partial charge >= 0.3 is 0 Å². The van der Waals surface area contributed by atoms with Crippen LogP contribution in [-0.2, 0) is 6.54 Å². The summed E-state index contributed by atoms with van der Waals surface area (Å²) in [6, 6.07) is 12.9. The first-order valence-corrected chi connectivity index (χ1v) is 16.3. The number of hydrogen-bond acceptors (Lipinski definition) is 2. The summed E-state index contributed by atoms with van der Waals surface area (Å²) in [4.78, 5) is 12.0. The fourth-order valence-electron chi connectivity index (χ4n) is 6.45. The van der Waals surface area contributed by atoms with Crippen LogP contribution in [-0.4, -0.2) is 19.0 Å². The Bertz CT molecular complexity index is 2390. The highest BCUT2D eigenvalue weighted by molar-refractivity contribution is 7.20. The summed E-state index contributed by atoms with van der Waals surface area (Å²) in [7, 11) is 1.61. The van der Waals surface area contributed by atoms with Crippen molar-refractivity contribution in [2.24, 2.45) is 0 Å². The van der Waals surface area contributed by atoms with Crippen LogP contribution in [0.2, 0.25) is 0 Å². The minimum Gasteiger partial charge on any atom is -0.497 e. The van der Waals surface area contributed by atoms with E-state index in [1.54, 1.807) is 31.4 Å². The van der Waals surface area contributed by atoms with Crippen LogP contribution in [0, 0.1) is 116 Å². The van der Waals surface area contributed by atoms with Crippen molar-refractivity contribution in [1.29, 1.82) is 0 Å². The molecular weight excluding hydrogens is 893 g/mol. The van der Waals surface area contributed by atoms with E-state index in [-0.39, 0.29) is 5.78 Å². The van der Waals surface area contributed by atoms with Crippen molar-refractivity contribution in [3.63, 3.8) is 0 Å². The van der Waals surface area contributed by atoms with Gasteiger partial charge in [-0.2, -0.15) is 4.57 Å². The number of hydrogen-bond donors (Lipinski definition) is 0. The second-order valence-corrected chi connectivity index (χ2v) is 12.5. The Kier molecular flexibility index (Phi) is 13.0. The highest BCUT2D eigenvalue weighted by atomic mass is 19.2. The molecule has 24 heteroatoms. The van der Waals surface area contributed by atoms with Crippen LogP contribution in [0.25, 0.3) is 0 Å². The van der Waals surface area contributed by atoms with Crippen LogP contribution in [0.1, 0.15) is 10.4 Å². The van der Waals surface area contributed by atoms with Crippen LogP contribution >= 0.6 is 0 Å². The van der Waals surface area contributed by atoms with Gasteiger partial charge in [0.1, 0.15) is 58.4 Å². The Balaban J connectivity index is 0.000000355. The SMILES string of the molecule is COc1ccc(C(=O)C[n+]2ccccc2)cc1.Fc1c(F)c(F)c([B-](c2c(F)c(F)c(F)c(F)c2F)(c2c(F)c(F)c(F)c(F)c2F)c2c(F)c(F)c(F)c(F)c2F)c(F)c1F. The standard InChI is InChI=1S/C24BF20.C14H14NO2/c26-5-1(6(27)14(35)21(42)13(5)34)25(2-7(28)15(36)22(43)16(37)8(2)29,3-9(30)17(38)23(44)18(39)10(3)31)4-11(32)19(40)24(45)20(41)12(4)33;1-17-13-7-5-12(6-8-13)14(16)11-15-9-3-2-4-10-15/h;2-10H,11H2,1H3/q-1;+1. The number of benzene rings is 5. The van der Waals surface area contributed by atoms with Gasteiger partial charge < -0.3 is 4.74 Å². The van der Waals surface area contributed by atoms with Crippen molar-refractivity contribution < 1.29 is 102 Å². The number of carbonyl (C=O) groups excluding carboxylic acids is 1. The van der Waals surface area contributed by atoms with Gasteiger partial charge in [0.2, 0.25) is 12.3 Å². The third-order valence-corrected chi connectivity index (χ3v) is 9.22. The average molecular weight is 907 g/mol. The molecule has 1 aromatic heterocycles. The minimum atomic E-state index is -7.22. The number of Topliss-reactive ketones (excluding diaryl/α,β-unsaturated/α-hetero) is 1. The average Bonchev–Trinajstić information content (AvgIpc) is 3.26. The molecule has 6 rings (SSSR count). The molecule has 62 heavy (non-hydrogen) atoms. The zero-order valence-corrected chi connectivity index (χ0v) is 29.8. The number of aromatic nitrogens is 1. The predicted octanol–water partition coefficient (Wildman–Crippen LogP) is 7.71. The first kappa shape index (κ1) is 46.5. The molecule has 0 bridgehead atoms. The fraction of sp³-hybridized carbons (Fsp3) is 0.0526. The highest BCUT2D eigenvalue weighted by Gasteiger charge is 2.52. The van der Waals surface area contributed by atoms with E-state index < -0.39 is 144 Å². The van der Waals surface area contributed by atoms with Crippen LogP contribution in [0.15, 0.2) is 54.9 Å². The molecule has 0 saturated heterocycles. The lowest BCUT2D eigenvalue weighted by atomic mass is 9.12. The topological polar surface area (TPSA) is 30.2 Å². The third kappa shape index (κ3) is 7.33. The number of nitrogens with zero attached hydrogens (tertiary/aromatic N) is 1. The quantitative estimate of drug-likeness (QED) is 0.0392. The lowest BCUT2D eigenvalue weighted by Gasteiger charge is -2.44. The maximum atomic E-state index is 15.4. The summed E-state index contributed by atoms with van der Waals surface area (Å²) in [6.07, 6.45) is -3.46. The molecule has 5 aromatic carbocycles. The van der Waals surface area contributed by atoms with Gasteiger partial charge in [-0.05, 0) is 24.3 Å². The molecule has 0 radical (unpaired) electrons. The lowest BCUT2D eigenvalue weighted by molar-refractivity contribution is -0.683. The van der Waals surface area contributed by atoms with Gasteiger partial charge in [-0.25, -0.2) is 87.8 Å². The summed E-state index contributed by atoms with van der Waals surface area (Å²) in [6.45, 7) is 0.354. The molecule has 1 heterocycles. The third-order valence-electron chi connectivity index (χ3n) is 9.22. The Morgan fingerprint density at radius 3 is 0.887 bits per heavy atom. The molecule has 3 nitrogen and oxygen atoms in total. The zero-order valence-electron chi connectivity index (χ0n) is 29.8. The number of halogens is 20. The summed E-state index contributed by atoms with van der Waals surface area (Å²) in [5, 5.41) is 0. The van der Waals surface area contributed by atoms with Crippen LogP contribution in [0.3, 0.4) is 0 Å². The Morgan fingerprint density at radius 2 is 0.645 bits per heavy atom. The summed E-state index contributed by atoms with van der Waals surface area (Å²) < 4.78 is 301. The van der Waals surface area contributed by atoms with E-state index >= 15 is 35.1 Å². The number of carbonyl (C=O) groups is 1. The van der Waals surface area contributed by atoms with E-state index in [0.29, 0.717) is 12.1 Å². The lowest BCUT2D eigenvalue weighted by Crippen LogP contribution is -2.81. The maximum absolute atomic E-state index is 15.4. The number of rotatable bonds is 8. The van der Waals surface area contributed by atoms with Crippen LogP contribution < -0.4 is 31.2 Å². The van der Waals surface area contributed by atoms with Gasteiger partial charge in [0, 0.05) is 17.7 Å². The molecule has 0 saturated carbocycles. The smallest absolute Gasteiger partial charge is 0.227 e. The highest BCUT2D eigenvalue weighted by Crippen LogP contribution is 2.30. The molecule has 0 unspecified atom stereocenters. The van der Waals surface area contributed by atoms with E-state index in [0.717, 1.165) is 5.75 Å². The molecule has 0 amide bonds. The Labute approximate surface area is 331 Å². The van der Waals surface area contributed by atoms with Crippen molar-refractivity contribution in [3.8, 4) is 5.75 Å². The van der Waals surface area contributed by atoms with Crippen molar-refractivity contribution in [2.45, 2.75) is 6.54 Å². The van der Waals surface area contributed by atoms with E-state index in [1.807, 2.05) is 35.2 Å². The minimum absolute atomic E-state index is 0.0869. The number of ether oxygens (including phenoxy) is 1. The molecule has 6 aromatic rings. The number of ketones is 1. The van der Waals surface area contributed by atoms with Crippen molar-refractivity contribution in [3.05, 3.63) is 177 Å². The molecule has 0 aliphatic heterocycles. The van der Waals surface area contributed by atoms with E-state index in [1.165, 1.54) is 0 Å². The van der Waals surface area contributed by atoms with Gasteiger partial charge in [0.05, 0.1) is 7.11 Å². The van der Waals surface area contributed by atoms with Crippen LogP contribution in [0.5, 0.6) is 5.75 Å². The summed E-state index contributed by atoms with van der Waals surface area (Å²) >= 11 is 0.